The smallest absolute Gasteiger partial charge is 0.307 e. The number of amides is 1. The zero-order valence-corrected chi connectivity index (χ0v) is 11.0. The lowest BCUT2D eigenvalue weighted by atomic mass is 10.2. The zero-order valence-electron chi connectivity index (χ0n) is 11.0. The number of carboxylic acid groups (broad SMARTS) is 1. The minimum absolute atomic E-state index is 0.236. The third-order valence-corrected chi connectivity index (χ3v) is 3.76. The molecule has 2 N–H and O–H groups in total. The van der Waals surface area contributed by atoms with Gasteiger partial charge in [0, 0.05) is 0 Å². The fourth-order valence-electron chi connectivity index (χ4n) is 2.17. The van der Waals surface area contributed by atoms with Gasteiger partial charge in [-0.15, -0.1) is 0 Å². The molecule has 0 spiro atoms. The topological polar surface area (TPSA) is 75.6 Å². The second-order valence-electron chi connectivity index (χ2n) is 5.53. The predicted octanol–water partition coefficient (Wildman–Crippen LogP) is 2.13. The lowest BCUT2D eigenvalue weighted by Gasteiger charge is -2.12. The van der Waals surface area contributed by atoms with Gasteiger partial charge in [0.05, 0.1) is 24.1 Å². The van der Waals surface area contributed by atoms with Gasteiger partial charge in [0.15, 0.2) is 0 Å². The molecule has 2 aliphatic rings. The molecule has 1 amide bonds. The van der Waals surface area contributed by atoms with Crippen molar-refractivity contribution in [1.29, 1.82) is 0 Å². The molecule has 1 aromatic carbocycles. The number of anilines is 1. The molecule has 0 radical (unpaired) electrons. The average Bonchev–Trinajstić information content (AvgIpc) is 3.29. The Hall–Kier alpha value is -2.04. The Morgan fingerprint density at radius 2 is 2.00 bits per heavy atom. The fourth-order valence-corrected chi connectivity index (χ4v) is 2.17. The average molecular weight is 275 g/mol. The van der Waals surface area contributed by atoms with Gasteiger partial charge in [-0.3, -0.25) is 9.59 Å². The maximum atomic E-state index is 12.0. The van der Waals surface area contributed by atoms with Crippen molar-refractivity contribution in [2.45, 2.75) is 19.3 Å². The van der Waals surface area contributed by atoms with E-state index >= 15 is 0 Å². The van der Waals surface area contributed by atoms with Crippen molar-refractivity contribution in [3.8, 4) is 5.75 Å². The summed E-state index contributed by atoms with van der Waals surface area (Å²) in [4.78, 5) is 22.7. The molecule has 0 heterocycles. The van der Waals surface area contributed by atoms with Gasteiger partial charge in [0.2, 0.25) is 5.91 Å². The molecule has 106 valence electrons. The highest BCUT2D eigenvalue weighted by Gasteiger charge is 2.48. The number of carbonyl (C=O) groups is 2. The second kappa shape index (κ2) is 5.15. The largest absolute Gasteiger partial charge is 0.491 e. The summed E-state index contributed by atoms with van der Waals surface area (Å²) in [5.74, 6) is -0.791. The number of carbonyl (C=O) groups excluding carboxylic acids is 1. The van der Waals surface area contributed by atoms with Gasteiger partial charge in [-0.2, -0.15) is 0 Å². The summed E-state index contributed by atoms with van der Waals surface area (Å²) in [5.41, 5.74) is 0.620. The third kappa shape index (κ3) is 2.92. The van der Waals surface area contributed by atoms with E-state index in [1.165, 1.54) is 12.8 Å². The lowest BCUT2D eigenvalue weighted by Crippen LogP contribution is -2.17. The first-order chi connectivity index (χ1) is 9.65. The quantitative estimate of drug-likeness (QED) is 0.834. The fraction of sp³-hybridized carbons (Fsp3) is 0.467. The number of carboxylic acids is 1. The van der Waals surface area contributed by atoms with Crippen LogP contribution in [0.2, 0.25) is 0 Å². The maximum absolute atomic E-state index is 12.0. The summed E-state index contributed by atoms with van der Waals surface area (Å²) in [6.07, 6.45) is 2.83. The Morgan fingerprint density at radius 1 is 1.25 bits per heavy atom. The van der Waals surface area contributed by atoms with Crippen molar-refractivity contribution in [2.24, 2.45) is 17.8 Å². The molecule has 5 nitrogen and oxygen atoms in total. The number of benzene rings is 1. The summed E-state index contributed by atoms with van der Waals surface area (Å²) in [5, 5.41) is 11.6. The van der Waals surface area contributed by atoms with E-state index in [9.17, 15) is 9.59 Å². The molecule has 2 aliphatic carbocycles. The van der Waals surface area contributed by atoms with Crippen molar-refractivity contribution < 1.29 is 19.4 Å². The summed E-state index contributed by atoms with van der Waals surface area (Å²) in [6, 6.07) is 7.27. The standard InChI is InChI=1S/C15H17NO4/c17-14(10-7-11(10)15(18)19)16-12-3-1-2-4-13(12)20-8-9-5-6-9/h1-4,9-11H,5-8H2,(H,16,17)(H,18,19). The van der Waals surface area contributed by atoms with Gasteiger partial charge in [-0.1, -0.05) is 12.1 Å². The zero-order chi connectivity index (χ0) is 14.1. The second-order valence-corrected chi connectivity index (χ2v) is 5.53. The first kappa shape index (κ1) is 13.0. The summed E-state index contributed by atoms with van der Waals surface area (Å²) in [6.45, 7) is 0.675. The van der Waals surface area contributed by atoms with Gasteiger partial charge >= 0.3 is 5.97 Å². The Labute approximate surface area is 116 Å². The van der Waals surface area contributed by atoms with E-state index in [2.05, 4.69) is 5.32 Å². The maximum Gasteiger partial charge on any atom is 0.307 e. The van der Waals surface area contributed by atoms with Crippen LogP contribution in [0.4, 0.5) is 5.69 Å². The van der Waals surface area contributed by atoms with E-state index in [1.54, 1.807) is 6.07 Å². The van der Waals surface area contributed by atoms with Crippen LogP contribution < -0.4 is 10.1 Å². The van der Waals surface area contributed by atoms with Gasteiger partial charge < -0.3 is 15.2 Å². The Kier molecular flexibility index (Phi) is 3.34. The summed E-state index contributed by atoms with van der Waals surface area (Å²) >= 11 is 0. The van der Waals surface area contributed by atoms with E-state index < -0.39 is 17.8 Å². The molecular formula is C15H17NO4. The predicted molar refractivity (Wildman–Crippen MR) is 72.5 cm³/mol. The number of hydrogen-bond donors (Lipinski definition) is 2. The number of nitrogens with one attached hydrogen (secondary N) is 1. The number of rotatable bonds is 6. The lowest BCUT2D eigenvalue weighted by molar-refractivity contribution is -0.139. The van der Waals surface area contributed by atoms with E-state index in [0.717, 1.165) is 0 Å². The summed E-state index contributed by atoms with van der Waals surface area (Å²) in [7, 11) is 0. The van der Waals surface area contributed by atoms with Crippen LogP contribution in [-0.4, -0.2) is 23.6 Å². The van der Waals surface area contributed by atoms with Crippen LogP contribution in [0.25, 0.3) is 0 Å². The third-order valence-electron chi connectivity index (χ3n) is 3.76. The SMILES string of the molecule is O=C(O)C1CC1C(=O)Nc1ccccc1OCC1CC1. The molecule has 2 saturated carbocycles. The van der Waals surface area contributed by atoms with Crippen LogP contribution in [0.5, 0.6) is 5.75 Å². The molecule has 0 bridgehead atoms. The minimum Gasteiger partial charge on any atom is -0.491 e. The number of para-hydroxylation sites is 2. The molecule has 20 heavy (non-hydrogen) atoms. The molecule has 5 heteroatoms. The van der Waals surface area contributed by atoms with E-state index in [0.29, 0.717) is 30.4 Å². The van der Waals surface area contributed by atoms with E-state index in [-0.39, 0.29) is 5.91 Å². The highest BCUT2D eigenvalue weighted by molar-refractivity contribution is 5.99. The normalized spacial score (nSPS) is 24.0. The molecule has 2 atom stereocenters. The summed E-state index contributed by atoms with van der Waals surface area (Å²) < 4.78 is 5.71. The van der Waals surface area contributed by atoms with Crippen molar-refractivity contribution in [1.82, 2.24) is 0 Å². The minimum atomic E-state index is -0.900. The van der Waals surface area contributed by atoms with Crippen molar-refractivity contribution in [2.75, 3.05) is 11.9 Å². The Bertz CT molecular complexity index is 538. The van der Waals surface area contributed by atoms with Gasteiger partial charge in [0.1, 0.15) is 5.75 Å². The molecule has 2 unspecified atom stereocenters. The van der Waals surface area contributed by atoms with Crippen molar-refractivity contribution >= 4 is 17.6 Å². The molecule has 1 aromatic rings. The van der Waals surface area contributed by atoms with Gasteiger partial charge in [0.25, 0.3) is 0 Å². The van der Waals surface area contributed by atoms with Crippen molar-refractivity contribution in [3.63, 3.8) is 0 Å². The van der Waals surface area contributed by atoms with Crippen LogP contribution in [0.1, 0.15) is 19.3 Å². The van der Waals surface area contributed by atoms with Crippen LogP contribution in [-0.2, 0) is 9.59 Å². The van der Waals surface area contributed by atoms with Gasteiger partial charge in [-0.25, -0.2) is 0 Å². The Balaban J connectivity index is 1.61. The van der Waals surface area contributed by atoms with Crippen LogP contribution in [0, 0.1) is 17.8 Å². The number of ether oxygens (including phenoxy) is 1. The molecule has 2 fully saturated rings. The van der Waals surface area contributed by atoms with E-state index in [4.69, 9.17) is 9.84 Å². The van der Waals surface area contributed by atoms with E-state index in [1.807, 2.05) is 18.2 Å². The molecule has 0 aromatic heterocycles. The number of hydrogen-bond acceptors (Lipinski definition) is 3. The highest BCUT2D eigenvalue weighted by atomic mass is 16.5. The molecule has 3 rings (SSSR count). The highest BCUT2D eigenvalue weighted by Crippen LogP contribution is 2.40. The molecule has 0 aliphatic heterocycles. The number of aliphatic carboxylic acids is 1. The van der Waals surface area contributed by atoms with Crippen LogP contribution in [0.3, 0.4) is 0 Å². The van der Waals surface area contributed by atoms with Crippen LogP contribution in [0.15, 0.2) is 24.3 Å². The molecule has 0 saturated heterocycles. The Morgan fingerprint density at radius 3 is 2.65 bits per heavy atom. The van der Waals surface area contributed by atoms with Crippen molar-refractivity contribution in [3.05, 3.63) is 24.3 Å². The van der Waals surface area contributed by atoms with Crippen LogP contribution >= 0.6 is 0 Å². The first-order valence-corrected chi connectivity index (χ1v) is 6.90. The monoisotopic (exact) mass is 275 g/mol. The van der Waals surface area contributed by atoms with Gasteiger partial charge in [-0.05, 0) is 37.3 Å². The first-order valence-electron chi connectivity index (χ1n) is 6.90. The molecular weight excluding hydrogens is 258 g/mol.